The molecular formula is C17H22BrN5S. The number of piperazine rings is 1. The van der Waals surface area contributed by atoms with Gasteiger partial charge in [-0.2, -0.15) is 0 Å². The molecule has 1 saturated heterocycles. The molecule has 0 spiro atoms. The lowest BCUT2D eigenvalue weighted by Crippen LogP contribution is -2.45. The molecule has 0 aromatic carbocycles. The summed E-state index contributed by atoms with van der Waals surface area (Å²) in [5.41, 5.74) is 2.53. The van der Waals surface area contributed by atoms with Crippen LogP contribution >= 0.6 is 27.3 Å². The summed E-state index contributed by atoms with van der Waals surface area (Å²) in [6.07, 6.45) is 3.07. The predicted octanol–water partition coefficient (Wildman–Crippen LogP) is 2.61. The summed E-state index contributed by atoms with van der Waals surface area (Å²) >= 11 is 5.35. The number of anilines is 1. The first-order valence-electron chi connectivity index (χ1n) is 8.41. The molecule has 2 aromatic heterocycles. The Kier molecular flexibility index (Phi) is 4.85. The molecule has 0 N–H and O–H groups in total. The lowest BCUT2D eigenvalue weighted by molar-refractivity contribution is 0.245. The lowest BCUT2D eigenvalue weighted by Gasteiger charge is -2.33. The van der Waals surface area contributed by atoms with Gasteiger partial charge in [0.2, 0.25) is 5.95 Å². The highest BCUT2D eigenvalue weighted by Gasteiger charge is 2.22. The fourth-order valence-electron chi connectivity index (χ4n) is 3.31. The Balaban J connectivity index is 1.43. The summed E-state index contributed by atoms with van der Waals surface area (Å²) in [5, 5.41) is 2.15. The number of halogens is 1. The molecule has 4 rings (SSSR count). The Morgan fingerprint density at radius 2 is 2.04 bits per heavy atom. The minimum absolute atomic E-state index is 0.914. The monoisotopic (exact) mass is 407 g/mol. The normalized spacial score (nSPS) is 19.5. The molecule has 0 bridgehead atoms. The smallest absolute Gasteiger partial charge is 0.225 e. The van der Waals surface area contributed by atoms with Gasteiger partial charge in [0.05, 0.1) is 5.69 Å². The molecule has 24 heavy (non-hydrogen) atoms. The number of aromatic nitrogens is 2. The maximum absolute atomic E-state index is 4.87. The molecule has 0 unspecified atom stereocenters. The van der Waals surface area contributed by atoms with E-state index in [2.05, 4.69) is 54.1 Å². The van der Waals surface area contributed by atoms with Crippen LogP contribution in [0.5, 0.6) is 0 Å². The third-order valence-electron chi connectivity index (χ3n) is 4.79. The van der Waals surface area contributed by atoms with Crippen LogP contribution in [0.2, 0.25) is 0 Å². The van der Waals surface area contributed by atoms with Gasteiger partial charge in [0.1, 0.15) is 0 Å². The van der Waals surface area contributed by atoms with E-state index in [4.69, 9.17) is 4.98 Å². The zero-order valence-electron chi connectivity index (χ0n) is 13.9. The Morgan fingerprint density at radius 1 is 1.21 bits per heavy atom. The van der Waals surface area contributed by atoms with Crippen molar-refractivity contribution in [3.63, 3.8) is 0 Å². The second-order valence-electron chi connectivity index (χ2n) is 6.62. The molecule has 2 aliphatic heterocycles. The summed E-state index contributed by atoms with van der Waals surface area (Å²) < 4.78 is 1.18. The first-order valence-corrected chi connectivity index (χ1v) is 10.1. The van der Waals surface area contributed by atoms with Gasteiger partial charge in [0.25, 0.3) is 0 Å². The van der Waals surface area contributed by atoms with Crippen LogP contribution < -0.4 is 4.90 Å². The largest absolute Gasteiger partial charge is 0.338 e. The molecule has 0 aliphatic carbocycles. The van der Waals surface area contributed by atoms with Crippen molar-refractivity contribution in [2.45, 2.75) is 19.5 Å². The topological polar surface area (TPSA) is 35.5 Å². The molecular weight excluding hydrogens is 386 g/mol. The van der Waals surface area contributed by atoms with E-state index >= 15 is 0 Å². The van der Waals surface area contributed by atoms with Crippen LogP contribution in [0.3, 0.4) is 0 Å². The molecule has 0 atom stereocenters. The van der Waals surface area contributed by atoms with E-state index < -0.39 is 0 Å². The number of thiophene rings is 1. The van der Waals surface area contributed by atoms with E-state index in [1.807, 2.05) is 17.5 Å². The number of nitrogens with zero attached hydrogens (tertiary/aromatic N) is 5. The minimum Gasteiger partial charge on any atom is -0.338 e. The van der Waals surface area contributed by atoms with Crippen molar-refractivity contribution >= 4 is 33.2 Å². The summed E-state index contributed by atoms with van der Waals surface area (Å²) in [4.78, 5) is 18.1. The van der Waals surface area contributed by atoms with Crippen molar-refractivity contribution in [3.8, 4) is 0 Å². The van der Waals surface area contributed by atoms with Crippen LogP contribution in [-0.2, 0) is 19.5 Å². The molecule has 0 amide bonds. The van der Waals surface area contributed by atoms with Gasteiger partial charge in [0, 0.05) is 78.7 Å². The fraction of sp³-hybridized carbons (Fsp3) is 0.529. The molecule has 0 saturated carbocycles. The summed E-state index contributed by atoms with van der Waals surface area (Å²) in [6.45, 7) is 7.25. The van der Waals surface area contributed by atoms with Crippen LogP contribution in [0, 0.1) is 0 Å². The third-order valence-corrected chi connectivity index (χ3v) is 6.47. The highest BCUT2D eigenvalue weighted by atomic mass is 79.9. The molecule has 7 heteroatoms. The predicted molar refractivity (Wildman–Crippen MR) is 102 cm³/mol. The van der Waals surface area contributed by atoms with Gasteiger partial charge in [0.15, 0.2) is 0 Å². The fourth-order valence-corrected chi connectivity index (χ4v) is 4.81. The van der Waals surface area contributed by atoms with Crippen LogP contribution in [-0.4, -0.2) is 59.5 Å². The zero-order chi connectivity index (χ0) is 16.5. The lowest BCUT2D eigenvalue weighted by atomic mass is 10.1. The third kappa shape index (κ3) is 3.64. The van der Waals surface area contributed by atoms with E-state index in [0.717, 1.165) is 58.2 Å². The van der Waals surface area contributed by atoms with Gasteiger partial charge in [-0.15, -0.1) is 11.3 Å². The molecule has 1 fully saturated rings. The molecule has 2 aliphatic rings. The standard InChI is InChI=1S/C17H22BrN5S/c1-21-4-6-23(7-5-21)17-19-9-13-10-22(3-2-16(13)20-17)11-15-8-14(18)12-24-15/h8-9,12H,2-7,10-11H2,1H3. The van der Waals surface area contributed by atoms with Gasteiger partial charge in [-0.3, -0.25) is 4.90 Å². The first kappa shape index (κ1) is 16.4. The summed E-state index contributed by atoms with van der Waals surface area (Å²) in [6, 6.07) is 2.22. The number of hydrogen-bond donors (Lipinski definition) is 0. The van der Waals surface area contributed by atoms with Crippen LogP contribution in [0.4, 0.5) is 5.95 Å². The average molecular weight is 408 g/mol. The van der Waals surface area contributed by atoms with E-state index in [-0.39, 0.29) is 0 Å². The zero-order valence-corrected chi connectivity index (χ0v) is 16.3. The first-order chi connectivity index (χ1) is 11.7. The number of rotatable bonds is 3. The van der Waals surface area contributed by atoms with Gasteiger partial charge in [-0.25, -0.2) is 9.97 Å². The van der Waals surface area contributed by atoms with Crippen molar-refractivity contribution in [2.75, 3.05) is 44.7 Å². The van der Waals surface area contributed by atoms with Crippen LogP contribution in [0.1, 0.15) is 16.1 Å². The Hall–Kier alpha value is -1.02. The van der Waals surface area contributed by atoms with Crippen molar-refractivity contribution in [2.24, 2.45) is 0 Å². The van der Waals surface area contributed by atoms with Crippen molar-refractivity contribution < 1.29 is 0 Å². The van der Waals surface area contributed by atoms with E-state index in [0.29, 0.717) is 0 Å². The maximum atomic E-state index is 4.87. The van der Waals surface area contributed by atoms with Crippen LogP contribution in [0.25, 0.3) is 0 Å². The van der Waals surface area contributed by atoms with Gasteiger partial charge < -0.3 is 9.80 Å². The average Bonchev–Trinajstić information content (AvgIpc) is 3.00. The Bertz CT molecular complexity index is 711. The molecule has 2 aromatic rings. The number of likely N-dealkylation sites (N-methyl/N-ethyl adjacent to an activating group) is 1. The SMILES string of the molecule is CN1CCN(c2ncc3c(n2)CCN(Cc2cc(Br)cs2)C3)CC1. The molecule has 0 radical (unpaired) electrons. The Labute approximate surface area is 155 Å². The van der Waals surface area contributed by atoms with Crippen molar-refractivity contribution in [1.82, 2.24) is 19.8 Å². The maximum Gasteiger partial charge on any atom is 0.225 e. The highest BCUT2D eigenvalue weighted by molar-refractivity contribution is 9.10. The quantitative estimate of drug-likeness (QED) is 0.781. The van der Waals surface area contributed by atoms with Gasteiger partial charge in [-0.1, -0.05) is 0 Å². The van der Waals surface area contributed by atoms with E-state index in [1.54, 1.807) is 0 Å². The van der Waals surface area contributed by atoms with Crippen LogP contribution in [0.15, 0.2) is 22.1 Å². The minimum atomic E-state index is 0.914. The summed E-state index contributed by atoms with van der Waals surface area (Å²) in [7, 11) is 2.17. The molecule has 4 heterocycles. The van der Waals surface area contributed by atoms with Gasteiger partial charge in [-0.05, 0) is 29.0 Å². The molecule has 5 nitrogen and oxygen atoms in total. The second-order valence-corrected chi connectivity index (χ2v) is 8.54. The Morgan fingerprint density at radius 3 is 2.79 bits per heavy atom. The van der Waals surface area contributed by atoms with Crippen molar-refractivity contribution in [1.29, 1.82) is 0 Å². The van der Waals surface area contributed by atoms with E-state index in [1.165, 1.54) is 20.6 Å². The molecule has 128 valence electrons. The van der Waals surface area contributed by atoms with Gasteiger partial charge >= 0.3 is 0 Å². The number of fused-ring (bicyclic) bond motifs is 1. The van der Waals surface area contributed by atoms with Crippen molar-refractivity contribution in [3.05, 3.63) is 38.3 Å². The summed E-state index contributed by atoms with van der Waals surface area (Å²) in [5.74, 6) is 0.914. The van der Waals surface area contributed by atoms with E-state index in [9.17, 15) is 0 Å². The highest BCUT2D eigenvalue weighted by Crippen LogP contribution is 2.25. The number of hydrogen-bond acceptors (Lipinski definition) is 6. The second kappa shape index (κ2) is 7.07.